The van der Waals surface area contributed by atoms with Crippen LogP contribution in [0.3, 0.4) is 0 Å². The quantitative estimate of drug-likeness (QED) is 0.848. The Morgan fingerprint density at radius 2 is 2.00 bits per heavy atom. The molecule has 1 aliphatic rings. The van der Waals surface area contributed by atoms with Gasteiger partial charge in [0.1, 0.15) is 6.29 Å². The second kappa shape index (κ2) is 5.78. The maximum Gasteiger partial charge on any atom is 0.160 e. The van der Waals surface area contributed by atoms with Crippen LogP contribution in [0.25, 0.3) is 0 Å². The maximum absolute atomic E-state index is 10.9. The Bertz CT molecular complexity index is 493. The van der Waals surface area contributed by atoms with E-state index in [2.05, 4.69) is 0 Å². The van der Waals surface area contributed by atoms with Crippen LogP contribution < -0.4 is 9.47 Å². The molecule has 0 aliphatic heterocycles. The number of ether oxygens (including phenoxy) is 2. The van der Waals surface area contributed by atoms with E-state index in [-0.39, 0.29) is 17.6 Å². The van der Waals surface area contributed by atoms with Crippen molar-refractivity contribution in [3.05, 3.63) is 35.6 Å². The lowest BCUT2D eigenvalue weighted by Gasteiger charge is -2.24. The van der Waals surface area contributed by atoms with E-state index >= 15 is 0 Å². The normalized spacial score (nSPS) is 22.5. The molecule has 0 saturated carbocycles. The van der Waals surface area contributed by atoms with Gasteiger partial charge >= 0.3 is 0 Å². The number of hydrogen-bond acceptors (Lipinski definition) is 4. The van der Waals surface area contributed by atoms with Crippen LogP contribution in [-0.2, 0) is 4.79 Å². The Labute approximate surface area is 112 Å². The van der Waals surface area contributed by atoms with Gasteiger partial charge in [-0.2, -0.15) is 0 Å². The number of hydrogen-bond donors (Lipinski definition) is 1. The van der Waals surface area contributed by atoms with Gasteiger partial charge in [-0.1, -0.05) is 6.07 Å². The van der Waals surface area contributed by atoms with Crippen molar-refractivity contribution in [3.63, 3.8) is 0 Å². The number of aliphatic hydroxyl groups is 1. The minimum Gasteiger partial charge on any atom is -0.513 e. The number of allylic oxidation sites excluding steroid dienone is 2. The Morgan fingerprint density at radius 1 is 1.26 bits per heavy atom. The summed E-state index contributed by atoms with van der Waals surface area (Å²) in [7, 11) is 3.18. The molecule has 0 radical (unpaired) electrons. The van der Waals surface area contributed by atoms with Crippen LogP contribution >= 0.6 is 0 Å². The summed E-state index contributed by atoms with van der Waals surface area (Å²) < 4.78 is 10.5. The van der Waals surface area contributed by atoms with E-state index in [0.29, 0.717) is 24.3 Å². The van der Waals surface area contributed by atoms with Crippen LogP contribution in [0.15, 0.2) is 30.0 Å². The van der Waals surface area contributed by atoms with Crippen LogP contribution in [0.5, 0.6) is 11.5 Å². The highest BCUT2D eigenvalue weighted by molar-refractivity contribution is 5.58. The summed E-state index contributed by atoms with van der Waals surface area (Å²) in [6, 6.07) is 5.70. The van der Waals surface area contributed by atoms with Gasteiger partial charge in [-0.05, 0) is 36.1 Å². The lowest BCUT2D eigenvalue weighted by molar-refractivity contribution is -0.110. The largest absolute Gasteiger partial charge is 0.513 e. The Balaban J connectivity index is 2.27. The molecule has 4 nitrogen and oxygen atoms in total. The van der Waals surface area contributed by atoms with Crippen LogP contribution in [0.2, 0.25) is 0 Å². The Kier molecular flexibility index (Phi) is 4.10. The third-order valence-electron chi connectivity index (χ3n) is 3.47. The summed E-state index contributed by atoms with van der Waals surface area (Å²) >= 11 is 0. The fraction of sp³-hybridized carbons (Fsp3) is 0.400. The van der Waals surface area contributed by atoms with E-state index in [1.807, 2.05) is 18.2 Å². The van der Waals surface area contributed by atoms with Crippen molar-refractivity contribution < 1.29 is 19.4 Å². The van der Waals surface area contributed by atoms with Crippen molar-refractivity contribution >= 4 is 6.29 Å². The molecule has 1 aromatic rings. The molecule has 4 heteroatoms. The summed E-state index contributed by atoms with van der Waals surface area (Å²) in [5.74, 6) is 1.53. The van der Waals surface area contributed by atoms with Crippen molar-refractivity contribution in [1.82, 2.24) is 0 Å². The number of aldehydes is 1. The van der Waals surface area contributed by atoms with Crippen LogP contribution in [0.1, 0.15) is 24.3 Å². The highest BCUT2D eigenvalue weighted by Gasteiger charge is 2.24. The zero-order valence-corrected chi connectivity index (χ0v) is 11.1. The fourth-order valence-corrected chi connectivity index (χ4v) is 2.50. The first-order valence-corrected chi connectivity index (χ1v) is 6.24. The molecule has 2 atom stereocenters. The number of carbonyl (C=O) groups excluding carboxylic acids is 1. The number of rotatable bonds is 4. The van der Waals surface area contributed by atoms with E-state index in [1.54, 1.807) is 20.3 Å². The van der Waals surface area contributed by atoms with Crippen LogP contribution in [0, 0.1) is 5.92 Å². The van der Waals surface area contributed by atoms with E-state index in [9.17, 15) is 9.90 Å². The zero-order chi connectivity index (χ0) is 13.8. The number of benzene rings is 1. The van der Waals surface area contributed by atoms with Crippen molar-refractivity contribution in [2.24, 2.45) is 5.92 Å². The summed E-state index contributed by atoms with van der Waals surface area (Å²) in [6.07, 6.45) is 3.77. The minimum atomic E-state index is -0.216. The topological polar surface area (TPSA) is 55.8 Å². The Hall–Kier alpha value is -1.97. The fourth-order valence-electron chi connectivity index (χ4n) is 2.50. The maximum atomic E-state index is 10.9. The predicted molar refractivity (Wildman–Crippen MR) is 71.8 cm³/mol. The summed E-state index contributed by atoms with van der Waals surface area (Å²) in [5.41, 5.74) is 1.05. The Morgan fingerprint density at radius 3 is 2.63 bits per heavy atom. The third-order valence-corrected chi connectivity index (χ3v) is 3.47. The second-order valence-electron chi connectivity index (χ2n) is 4.71. The lowest BCUT2D eigenvalue weighted by atomic mass is 9.82. The number of aliphatic hydroxyl groups excluding tert-OH is 1. The molecule has 0 aromatic heterocycles. The zero-order valence-electron chi connectivity index (χ0n) is 11.1. The predicted octanol–water partition coefficient (Wildman–Crippen LogP) is 2.84. The van der Waals surface area contributed by atoms with Gasteiger partial charge in [0.05, 0.1) is 20.0 Å². The molecular formula is C15H18O4. The monoisotopic (exact) mass is 262 g/mol. The van der Waals surface area contributed by atoms with Gasteiger partial charge in [-0.3, -0.25) is 0 Å². The molecular weight excluding hydrogens is 244 g/mol. The van der Waals surface area contributed by atoms with Gasteiger partial charge in [0, 0.05) is 12.3 Å². The van der Waals surface area contributed by atoms with E-state index < -0.39 is 0 Å². The van der Waals surface area contributed by atoms with Gasteiger partial charge in [0.2, 0.25) is 0 Å². The first kappa shape index (κ1) is 13.5. The average Bonchev–Trinajstić information content (AvgIpc) is 2.45. The van der Waals surface area contributed by atoms with E-state index in [1.165, 1.54) is 0 Å². The molecule has 102 valence electrons. The van der Waals surface area contributed by atoms with Crippen LogP contribution in [-0.4, -0.2) is 25.6 Å². The van der Waals surface area contributed by atoms with Gasteiger partial charge in [0.15, 0.2) is 11.5 Å². The standard InChI is InChI=1S/C15H18O4/c1-18-14-4-3-11(8-15(14)19-2)12-5-10(9-16)6-13(17)7-12/h3-4,6,8-10,12,17H,5,7H2,1-2H3. The molecule has 0 amide bonds. The summed E-state index contributed by atoms with van der Waals surface area (Å²) in [4.78, 5) is 10.9. The van der Waals surface area contributed by atoms with E-state index in [0.717, 1.165) is 11.8 Å². The molecule has 1 N–H and O–H groups in total. The average molecular weight is 262 g/mol. The number of methoxy groups -OCH3 is 2. The van der Waals surface area contributed by atoms with Gasteiger partial charge in [0.25, 0.3) is 0 Å². The molecule has 0 heterocycles. The molecule has 1 aromatic carbocycles. The summed E-state index contributed by atoms with van der Waals surface area (Å²) in [6.45, 7) is 0. The first-order valence-electron chi connectivity index (χ1n) is 6.24. The van der Waals surface area contributed by atoms with Crippen molar-refractivity contribution in [1.29, 1.82) is 0 Å². The molecule has 19 heavy (non-hydrogen) atoms. The third kappa shape index (κ3) is 2.89. The number of carbonyl (C=O) groups is 1. The molecule has 2 unspecified atom stereocenters. The van der Waals surface area contributed by atoms with Gasteiger partial charge in [-0.25, -0.2) is 0 Å². The molecule has 1 aliphatic carbocycles. The highest BCUT2D eigenvalue weighted by atomic mass is 16.5. The smallest absolute Gasteiger partial charge is 0.160 e. The minimum absolute atomic E-state index is 0.125. The van der Waals surface area contributed by atoms with Crippen molar-refractivity contribution in [2.75, 3.05) is 14.2 Å². The second-order valence-corrected chi connectivity index (χ2v) is 4.71. The molecule has 2 rings (SSSR count). The summed E-state index contributed by atoms with van der Waals surface area (Å²) in [5, 5.41) is 9.72. The van der Waals surface area contributed by atoms with Gasteiger partial charge < -0.3 is 19.4 Å². The first-order chi connectivity index (χ1) is 9.17. The van der Waals surface area contributed by atoms with Gasteiger partial charge in [-0.15, -0.1) is 0 Å². The van der Waals surface area contributed by atoms with E-state index in [4.69, 9.17) is 9.47 Å². The molecule has 0 fully saturated rings. The lowest BCUT2D eigenvalue weighted by Crippen LogP contribution is -2.14. The highest BCUT2D eigenvalue weighted by Crippen LogP contribution is 2.38. The van der Waals surface area contributed by atoms with Crippen LogP contribution in [0.4, 0.5) is 0 Å². The van der Waals surface area contributed by atoms with Crippen molar-refractivity contribution in [3.8, 4) is 11.5 Å². The van der Waals surface area contributed by atoms with Crippen molar-refractivity contribution in [2.45, 2.75) is 18.8 Å². The molecule has 0 spiro atoms. The molecule has 0 saturated heterocycles. The SMILES string of the molecule is COc1ccc(C2CC(O)=CC(C=O)C2)cc1OC. The molecule has 0 bridgehead atoms.